The van der Waals surface area contributed by atoms with Crippen molar-refractivity contribution in [3.05, 3.63) is 29.8 Å². The summed E-state index contributed by atoms with van der Waals surface area (Å²) >= 11 is 0. The maximum Gasteiger partial charge on any atom is 0.257 e. The first-order valence-electron chi connectivity index (χ1n) is 6.57. The molecule has 0 spiro atoms. The summed E-state index contributed by atoms with van der Waals surface area (Å²) in [6.45, 7) is 4.91. The molecule has 0 fully saturated rings. The molecule has 0 aromatic heterocycles. The molecular formula is C15H21NO3. The van der Waals surface area contributed by atoms with Gasteiger partial charge < -0.3 is 10.1 Å². The van der Waals surface area contributed by atoms with E-state index in [4.69, 9.17) is 4.74 Å². The first kappa shape index (κ1) is 15.2. The van der Waals surface area contributed by atoms with Crippen LogP contribution in [-0.2, 0) is 4.79 Å². The van der Waals surface area contributed by atoms with E-state index in [-0.39, 0.29) is 12.5 Å². The van der Waals surface area contributed by atoms with Crippen molar-refractivity contribution >= 4 is 12.2 Å². The number of amides is 1. The van der Waals surface area contributed by atoms with Crippen LogP contribution < -0.4 is 10.1 Å². The third kappa shape index (κ3) is 6.04. The first-order valence-corrected chi connectivity index (χ1v) is 6.57. The van der Waals surface area contributed by atoms with Gasteiger partial charge in [0.2, 0.25) is 0 Å². The topological polar surface area (TPSA) is 55.4 Å². The molecule has 0 saturated heterocycles. The normalized spacial score (nSPS) is 10.3. The van der Waals surface area contributed by atoms with Crippen molar-refractivity contribution in [3.63, 3.8) is 0 Å². The Morgan fingerprint density at radius 3 is 2.79 bits per heavy atom. The van der Waals surface area contributed by atoms with E-state index in [1.54, 1.807) is 24.3 Å². The highest BCUT2D eigenvalue weighted by Gasteiger charge is 2.05. The zero-order valence-corrected chi connectivity index (χ0v) is 11.5. The average molecular weight is 263 g/mol. The molecule has 104 valence electrons. The second-order valence-electron chi connectivity index (χ2n) is 4.83. The Morgan fingerprint density at radius 2 is 2.11 bits per heavy atom. The molecule has 0 radical (unpaired) electrons. The molecule has 1 N–H and O–H groups in total. The van der Waals surface area contributed by atoms with Gasteiger partial charge in [0.25, 0.3) is 5.91 Å². The van der Waals surface area contributed by atoms with Crippen LogP contribution in [0.1, 0.15) is 37.0 Å². The zero-order valence-electron chi connectivity index (χ0n) is 11.5. The molecule has 1 rings (SSSR count). The molecule has 0 heterocycles. The van der Waals surface area contributed by atoms with Crippen molar-refractivity contribution in [2.24, 2.45) is 5.92 Å². The van der Waals surface area contributed by atoms with Crippen molar-refractivity contribution in [2.45, 2.75) is 26.7 Å². The molecule has 19 heavy (non-hydrogen) atoms. The molecule has 1 aromatic rings. The molecule has 0 unspecified atom stereocenters. The van der Waals surface area contributed by atoms with Gasteiger partial charge in [0.15, 0.2) is 12.9 Å². The van der Waals surface area contributed by atoms with Crippen LogP contribution in [0.5, 0.6) is 5.75 Å². The number of aldehydes is 1. The molecule has 4 nitrogen and oxygen atoms in total. The van der Waals surface area contributed by atoms with E-state index in [2.05, 4.69) is 19.2 Å². The van der Waals surface area contributed by atoms with Crippen molar-refractivity contribution in [2.75, 3.05) is 13.2 Å². The molecule has 0 aliphatic heterocycles. The second-order valence-corrected chi connectivity index (χ2v) is 4.83. The standard InChI is InChI=1S/C15H21NO3/c1-12(2)6-5-9-16-15(18)11-19-14-8-4-3-7-13(14)10-17/h3-4,7-8,10,12H,5-6,9,11H2,1-2H3,(H,16,18). The highest BCUT2D eigenvalue weighted by Crippen LogP contribution is 2.15. The molecule has 1 amide bonds. The van der Waals surface area contributed by atoms with Gasteiger partial charge >= 0.3 is 0 Å². The smallest absolute Gasteiger partial charge is 0.257 e. The van der Waals surface area contributed by atoms with E-state index in [1.807, 2.05) is 0 Å². The van der Waals surface area contributed by atoms with Crippen molar-refractivity contribution < 1.29 is 14.3 Å². The number of benzene rings is 1. The summed E-state index contributed by atoms with van der Waals surface area (Å²) in [7, 11) is 0. The Labute approximate surface area is 114 Å². The highest BCUT2D eigenvalue weighted by atomic mass is 16.5. The largest absolute Gasteiger partial charge is 0.483 e. The monoisotopic (exact) mass is 263 g/mol. The Balaban J connectivity index is 2.28. The summed E-state index contributed by atoms with van der Waals surface area (Å²) in [4.78, 5) is 22.3. The Kier molecular flexibility index (Phi) is 6.64. The van der Waals surface area contributed by atoms with E-state index in [9.17, 15) is 9.59 Å². The van der Waals surface area contributed by atoms with Crippen molar-refractivity contribution in [3.8, 4) is 5.75 Å². The third-order valence-electron chi connectivity index (χ3n) is 2.69. The van der Waals surface area contributed by atoms with Gasteiger partial charge in [-0.3, -0.25) is 9.59 Å². The van der Waals surface area contributed by atoms with Crippen LogP contribution in [0, 0.1) is 5.92 Å². The fourth-order valence-corrected chi connectivity index (χ4v) is 1.64. The number of carbonyl (C=O) groups excluding carboxylic acids is 2. The van der Waals surface area contributed by atoms with Crippen molar-refractivity contribution in [1.82, 2.24) is 5.32 Å². The van der Waals surface area contributed by atoms with Gasteiger partial charge in [0, 0.05) is 6.54 Å². The lowest BCUT2D eigenvalue weighted by Gasteiger charge is -2.09. The molecule has 0 bridgehead atoms. The SMILES string of the molecule is CC(C)CCCNC(=O)COc1ccccc1C=O. The van der Waals surface area contributed by atoms with Crippen LogP contribution in [-0.4, -0.2) is 25.3 Å². The maximum atomic E-state index is 11.5. The van der Waals surface area contributed by atoms with E-state index in [0.29, 0.717) is 23.8 Å². The summed E-state index contributed by atoms with van der Waals surface area (Å²) < 4.78 is 5.32. The van der Waals surface area contributed by atoms with Crippen LogP contribution in [0.2, 0.25) is 0 Å². The third-order valence-corrected chi connectivity index (χ3v) is 2.69. The lowest BCUT2D eigenvalue weighted by atomic mass is 10.1. The fraction of sp³-hybridized carbons (Fsp3) is 0.467. The summed E-state index contributed by atoms with van der Waals surface area (Å²) in [6, 6.07) is 6.85. The van der Waals surface area contributed by atoms with Gasteiger partial charge in [-0.05, 0) is 30.9 Å². The number of hydrogen-bond acceptors (Lipinski definition) is 3. The van der Waals surface area contributed by atoms with E-state index < -0.39 is 0 Å². The van der Waals surface area contributed by atoms with Crippen LogP contribution >= 0.6 is 0 Å². The van der Waals surface area contributed by atoms with E-state index in [1.165, 1.54) is 0 Å². The summed E-state index contributed by atoms with van der Waals surface area (Å²) in [5.74, 6) is 0.923. The van der Waals surface area contributed by atoms with Gasteiger partial charge in [-0.15, -0.1) is 0 Å². The summed E-state index contributed by atoms with van der Waals surface area (Å²) in [6.07, 6.45) is 2.78. The van der Waals surface area contributed by atoms with Gasteiger partial charge in [0.05, 0.1) is 5.56 Å². The van der Waals surface area contributed by atoms with Gasteiger partial charge in [0.1, 0.15) is 5.75 Å². The number of hydrogen-bond donors (Lipinski definition) is 1. The predicted molar refractivity (Wildman–Crippen MR) is 74.4 cm³/mol. The molecule has 0 aliphatic rings. The quantitative estimate of drug-likeness (QED) is 0.579. The van der Waals surface area contributed by atoms with Crippen molar-refractivity contribution in [1.29, 1.82) is 0 Å². The van der Waals surface area contributed by atoms with Gasteiger partial charge in [-0.25, -0.2) is 0 Å². The first-order chi connectivity index (χ1) is 9.13. The molecule has 0 atom stereocenters. The lowest BCUT2D eigenvalue weighted by molar-refractivity contribution is -0.123. The van der Waals surface area contributed by atoms with Crippen LogP contribution in [0.3, 0.4) is 0 Å². The molecule has 0 saturated carbocycles. The zero-order chi connectivity index (χ0) is 14.1. The molecule has 4 heteroatoms. The number of nitrogens with one attached hydrogen (secondary N) is 1. The molecular weight excluding hydrogens is 242 g/mol. The van der Waals surface area contributed by atoms with Crippen LogP contribution in [0.15, 0.2) is 24.3 Å². The molecule has 0 aliphatic carbocycles. The maximum absolute atomic E-state index is 11.5. The van der Waals surface area contributed by atoms with E-state index >= 15 is 0 Å². The number of ether oxygens (including phenoxy) is 1. The van der Waals surface area contributed by atoms with Crippen LogP contribution in [0.25, 0.3) is 0 Å². The molecule has 1 aromatic carbocycles. The Bertz CT molecular complexity index is 416. The summed E-state index contributed by atoms with van der Waals surface area (Å²) in [5.41, 5.74) is 0.454. The minimum absolute atomic E-state index is 0.0630. The van der Waals surface area contributed by atoms with Gasteiger partial charge in [-0.2, -0.15) is 0 Å². The number of para-hydroxylation sites is 1. The second kappa shape index (κ2) is 8.29. The minimum atomic E-state index is -0.163. The van der Waals surface area contributed by atoms with Gasteiger partial charge in [-0.1, -0.05) is 26.0 Å². The lowest BCUT2D eigenvalue weighted by Crippen LogP contribution is -2.30. The number of carbonyl (C=O) groups is 2. The Morgan fingerprint density at radius 1 is 1.37 bits per heavy atom. The summed E-state index contributed by atoms with van der Waals surface area (Å²) in [5, 5.41) is 2.79. The van der Waals surface area contributed by atoms with E-state index in [0.717, 1.165) is 19.1 Å². The van der Waals surface area contributed by atoms with Crippen LogP contribution in [0.4, 0.5) is 0 Å². The Hall–Kier alpha value is -1.84. The minimum Gasteiger partial charge on any atom is -0.483 e. The predicted octanol–water partition coefficient (Wildman–Crippen LogP) is 2.43. The number of rotatable bonds is 8. The average Bonchev–Trinajstić information content (AvgIpc) is 2.41. The fourth-order valence-electron chi connectivity index (χ4n) is 1.64. The highest BCUT2D eigenvalue weighted by molar-refractivity contribution is 5.80.